The summed E-state index contributed by atoms with van der Waals surface area (Å²) in [5.74, 6) is -0.860. The molecule has 1 rings (SSSR count). The van der Waals surface area contributed by atoms with Gasteiger partial charge in [-0.05, 0) is 19.4 Å². The number of nitrogen functional groups attached to an aromatic ring is 1. The number of aryl methyl sites for hydroxylation is 1. The van der Waals surface area contributed by atoms with Crippen molar-refractivity contribution in [3.05, 3.63) is 29.3 Å². The largest absolute Gasteiger partial charge is 0.464 e. The molecule has 5 heteroatoms. The topological polar surface area (TPSA) is 92.8 Å². The highest BCUT2D eigenvalue weighted by Gasteiger charge is 2.28. The number of rotatable bonds is 4. The van der Waals surface area contributed by atoms with Gasteiger partial charge in [0.05, 0.1) is 6.61 Å². The predicted octanol–water partition coefficient (Wildman–Crippen LogP) is 0.535. The summed E-state index contributed by atoms with van der Waals surface area (Å²) in [6.07, 6.45) is -3.01. The summed E-state index contributed by atoms with van der Waals surface area (Å²) in [5, 5.41) is 19.5. The van der Waals surface area contributed by atoms with Crippen molar-refractivity contribution in [2.45, 2.75) is 26.1 Å². The first-order chi connectivity index (χ1) is 7.99. The lowest BCUT2D eigenvalue weighted by Gasteiger charge is -2.19. The van der Waals surface area contributed by atoms with Crippen LogP contribution in [-0.2, 0) is 9.53 Å². The molecule has 0 aliphatic carbocycles. The molecule has 94 valence electrons. The first-order valence-electron chi connectivity index (χ1n) is 5.36. The van der Waals surface area contributed by atoms with E-state index in [-0.39, 0.29) is 6.61 Å². The highest BCUT2D eigenvalue weighted by atomic mass is 16.5. The lowest BCUT2D eigenvalue weighted by atomic mass is 10.00. The number of ether oxygens (including phenoxy) is 1. The van der Waals surface area contributed by atoms with E-state index in [0.29, 0.717) is 11.3 Å². The smallest absolute Gasteiger partial charge is 0.338 e. The third kappa shape index (κ3) is 2.95. The molecule has 0 fully saturated rings. The van der Waals surface area contributed by atoms with Crippen molar-refractivity contribution >= 4 is 11.7 Å². The average Bonchev–Trinajstić information content (AvgIpc) is 2.31. The highest BCUT2D eigenvalue weighted by Crippen LogP contribution is 2.26. The van der Waals surface area contributed by atoms with E-state index >= 15 is 0 Å². The summed E-state index contributed by atoms with van der Waals surface area (Å²) in [6.45, 7) is 3.55. The SMILES string of the molecule is CCOC(=O)C(O)C(O)c1cccc(C)c1N. The van der Waals surface area contributed by atoms with Crippen molar-refractivity contribution in [3.63, 3.8) is 0 Å². The number of carbonyl (C=O) groups is 1. The van der Waals surface area contributed by atoms with Gasteiger partial charge in [0.1, 0.15) is 6.10 Å². The summed E-state index contributed by atoms with van der Waals surface area (Å²) in [4.78, 5) is 11.3. The second kappa shape index (κ2) is 5.65. The average molecular weight is 239 g/mol. The van der Waals surface area contributed by atoms with Gasteiger partial charge in [0.25, 0.3) is 0 Å². The Morgan fingerprint density at radius 2 is 2.12 bits per heavy atom. The fraction of sp³-hybridized carbons (Fsp3) is 0.417. The Morgan fingerprint density at radius 1 is 1.47 bits per heavy atom. The molecule has 2 unspecified atom stereocenters. The van der Waals surface area contributed by atoms with E-state index in [9.17, 15) is 15.0 Å². The van der Waals surface area contributed by atoms with Crippen molar-refractivity contribution in [2.24, 2.45) is 0 Å². The van der Waals surface area contributed by atoms with E-state index in [4.69, 9.17) is 5.73 Å². The lowest BCUT2D eigenvalue weighted by Crippen LogP contribution is -2.30. The molecule has 0 heterocycles. The monoisotopic (exact) mass is 239 g/mol. The zero-order valence-corrected chi connectivity index (χ0v) is 9.88. The Bertz CT molecular complexity index is 405. The van der Waals surface area contributed by atoms with Gasteiger partial charge in [-0.3, -0.25) is 0 Å². The molecule has 0 amide bonds. The second-order valence-electron chi connectivity index (χ2n) is 3.72. The Labute approximate surface area is 99.8 Å². The fourth-order valence-corrected chi connectivity index (χ4v) is 1.49. The predicted molar refractivity (Wildman–Crippen MR) is 63.2 cm³/mol. The van der Waals surface area contributed by atoms with E-state index in [2.05, 4.69) is 4.74 Å². The number of aliphatic hydroxyl groups is 2. The van der Waals surface area contributed by atoms with Crippen LogP contribution >= 0.6 is 0 Å². The van der Waals surface area contributed by atoms with Gasteiger partial charge in [-0.15, -0.1) is 0 Å². The number of hydrogen-bond donors (Lipinski definition) is 3. The van der Waals surface area contributed by atoms with Crippen molar-refractivity contribution in [1.29, 1.82) is 0 Å². The molecule has 17 heavy (non-hydrogen) atoms. The maximum atomic E-state index is 11.3. The third-order valence-electron chi connectivity index (χ3n) is 2.50. The van der Waals surface area contributed by atoms with E-state index in [1.165, 1.54) is 0 Å². The Morgan fingerprint density at radius 3 is 2.71 bits per heavy atom. The Hall–Kier alpha value is -1.59. The minimum Gasteiger partial charge on any atom is -0.464 e. The van der Waals surface area contributed by atoms with E-state index < -0.39 is 18.2 Å². The summed E-state index contributed by atoms with van der Waals surface area (Å²) in [5.41, 5.74) is 7.24. The van der Waals surface area contributed by atoms with Crippen LogP contribution in [0.1, 0.15) is 24.2 Å². The van der Waals surface area contributed by atoms with Crippen molar-refractivity contribution in [1.82, 2.24) is 0 Å². The molecule has 0 aliphatic rings. The van der Waals surface area contributed by atoms with Gasteiger partial charge < -0.3 is 20.7 Å². The van der Waals surface area contributed by atoms with Gasteiger partial charge in [0, 0.05) is 11.3 Å². The van der Waals surface area contributed by atoms with Gasteiger partial charge in [0.2, 0.25) is 0 Å². The molecule has 0 bridgehead atoms. The van der Waals surface area contributed by atoms with Gasteiger partial charge in [-0.1, -0.05) is 18.2 Å². The van der Waals surface area contributed by atoms with Gasteiger partial charge >= 0.3 is 5.97 Å². The maximum absolute atomic E-state index is 11.3. The molecule has 1 aromatic carbocycles. The quantitative estimate of drug-likeness (QED) is 0.526. The molecule has 5 nitrogen and oxygen atoms in total. The number of aliphatic hydroxyl groups excluding tert-OH is 2. The third-order valence-corrected chi connectivity index (χ3v) is 2.50. The van der Waals surface area contributed by atoms with E-state index in [1.54, 1.807) is 32.0 Å². The lowest BCUT2D eigenvalue weighted by molar-refractivity contribution is -0.159. The van der Waals surface area contributed by atoms with Crippen molar-refractivity contribution in [3.8, 4) is 0 Å². The molecule has 0 aliphatic heterocycles. The van der Waals surface area contributed by atoms with Crippen LogP contribution in [0.15, 0.2) is 18.2 Å². The molecule has 0 saturated carbocycles. The standard InChI is InChI=1S/C12H17NO4/c1-3-17-12(16)11(15)10(14)8-6-4-5-7(2)9(8)13/h4-6,10-11,14-15H,3,13H2,1-2H3. The zero-order chi connectivity index (χ0) is 13.0. The summed E-state index contributed by atoms with van der Waals surface area (Å²) < 4.78 is 4.63. The first-order valence-corrected chi connectivity index (χ1v) is 5.36. The van der Waals surface area contributed by atoms with E-state index in [0.717, 1.165) is 5.56 Å². The molecule has 0 spiro atoms. The number of esters is 1. The van der Waals surface area contributed by atoms with Crippen LogP contribution in [0.5, 0.6) is 0 Å². The minimum absolute atomic E-state index is 0.145. The van der Waals surface area contributed by atoms with Crippen molar-refractivity contribution < 1.29 is 19.7 Å². The van der Waals surface area contributed by atoms with Crippen LogP contribution in [0.4, 0.5) is 5.69 Å². The van der Waals surface area contributed by atoms with Gasteiger partial charge in [-0.2, -0.15) is 0 Å². The number of carbonyl (C=O) groups excluding carboxylic acids is 1. The number of nitrogens with two attached hydrogens (primary N) is 1. The second-order valence-corrected chi connectivity index (χ2v) is 3.72. The van der Waals surface area contributed by atoms with Crippen LogP contribution in [0, 0.1) is 6.92 Å². The summed E-state index contributed by atoms with van der Waals surface area (Å²) in [6, 6.07) is 5.04. The molecule has 0 saturated heterocycles. The normalized spacial score (nSPS) is 14.1. The van der Waals surface area contributed by atoms with E-state index in [1.807, 2.05) is 0 Å². The number of anilines is 1. The Balaban J connectivity index is 2.92. The van der Waals surface area contributed by atoms with Crippen LogP contribution in [0.2, 0.25) is 0 Å². The van der Waals surface area contributed by atoms with Crippen LogP contribution in [0.25, 0.3) is 0 Å². The summed E-state index contributed by atoms with van der Waals surface area (Å²) >= 11 is 0. The molecular weight excluding hydrogens is 222 g/mol. The summed E-state index contributed by atoms with van der Waals surface area (Å²) in [7, 11) is 0. The minimum atomic E-state index is -1.63. The van der Waals surface area contributed by atoms with Crippen molar-refractivity contribution in [2.75, 3.05) is 12.3 Å². The molecule has 4 N–H and O–H groups in total. The fourth-order valence-electron chi connectivity index (χ4n) is 1.49. The highest BCUT2D eigenvalue weighted by molar-refractivity contribution is 5.76. The number of benzene rings is 1. The van der Waals surface area contributed by atoms with Crippen LogP contribution in [0.3, 0.4) is 0 Å². The number of hydrogen-bond acceptors (Lipinski definition) is 5. The molecule has 0 radical (unpaired) electrons. The Kier molecular flexibility index (Phi) is 4.48. The van der Waals surface area contributed by atoms with Gasteiger partial charge in [0.15, 0.2) is 6.10 Å². The van der Waals surface area contributed by atoms with Crippen LogP contribution in [-0.4, -0.2) is 28.9 Å². The molecule has 2 atom stereocenters. The van der Waals surface area contributed by atoms with Gasteiger partial charge in [-0.25, -0.2) is 4.79 Å². The molecule has 0 aromatic heterocycles. The molecule has 1 aromatic rings. The first kappa shape index (κ1) is 13.5. The number of para-hydroxylation sites is 1. The molecular formula is C12H17NO4. The maximum Gasteiger partial charge on any atom is 0.338 e. The van der Waals surface area contributed by atoms with Crippen LogP contribution < -0.4 is 5.73 Å². The zero-order valence-electron chi connectivity index (χ0n) is 9.88.